The molecule has 7 heteroatoms. The highest BCUT2D eigenvalue weighted by Gasteiger charge is 2.44. The second-order valence-corrected chi connectivity index (χ2v) is 7.74. The lowest BCUT2D eigenvalue weighted by atomic mass is 10.1. The van der Waals surface area contributed by atoms with Crippen LogP contribution < -0.4 is 4.74 Å². The van der Waals surface area contributed by atoms with E-state index in [0.717, 1.165) is 23.1 Å². The van der Waals surface area contributed by atoms with Crippen LogP contribution >= 0.6 is 11.6 Å². The van der Waals surface area contributed by atoms with Gasteiger partial charge in [-0.2, -0.15) is 4.98 Å². The molecule has 0 saturated heterocycles. The molecule has 4 rings (SSSR count). The average molecular weight is 413 g/mol. The van der Waals surface area contributed by atoms with Gasteiger partial charge in [0.15, 0.2) is 0 Å². The van der Waals surface area contributed by atoms with Crippen LogP contribution in [-0.2, 0) is 9.53 Å². The molecule has 1 aromatic heterocycles. The van der Waals surface area contributed by atoms with Crippen LogP contribution in [0.15, 0.2) is 47.0 Å². The molecule has 6 nitrogen and oxygen atoms in total. The summed E-state index contributed by atoms with van der Waals surface area (Å²) in [6.45, 7) is 3.89. The number of hydrogen-bond donors (Lipinski definition) is 0. The van der Waals surface area contributed by atoms with Crippen molar-refractivity contribution >= 4 is 17.6 Å². The van der Waals surface area contributed by atoms with Crippen LogP contribution in [-0.4, -0.2) is 29.3 Å². The van der Waals surface area contributed by atoms with Gasteiger partial charge in [0.1, 0.15) is 5.75 Å². The highest BCUT2D eigenvalue weighted by atomic mass is 35.5. The molecule has 3 aromatic rings. The van der Waals surface area contributed by atoms with Crippen molar-refractivity contribution in [2.75, 3.05) is 7.11 Å². The summed E-state index contributed by atoms with van der Waals surface area (Å²) < 4.78 is 15.9. The maximum atomic E-state index is 11.6. The zero-order valence-electron chi connectivity index (χ0n) is 16.4. The SMILES string of the molecule is COC(=O)C1CC1c1ccc(-c2nc(-c3ccc(OC(C)C)c(Cl)c3)no2)cc1. The zero-order chi connectivity index (χ0) is 20.5. The van der Waals surface area contributed by atoms with Crippen molar-refractivity contribution in [1.82, 2.24) is 10.1 Å². The van der Waals surface area contributed by atoms with Gasteiger partial charge in [-0.25, -0.2) is 0 Å². The summed E-state index contributed by atoms with van der Waals surface area (Å²) in [5.41, 5.74) is 2.67. The van der Waals surface area contributed by atoms with Crippen LogP contribution in [0.1, 0.15) is 31.7 Å². The van der Waals surface area contributed by atoms with E-state index in [1.165, 1.54) is 7.11 Å². The molecule has 0 aliphatic heterocycles. The predicted octanol–water partition coefficient (Wildman–Crippen LogP) is 5.12. The van der Waals surface area contributed by atoms with Crippen molar-refractivity contribution in [3.05, 3.63) is 53.1 Å². The number of carbonyl (C=O) groups is 1. The quantitative estimate of drug-likeness (QED) is 0.523. The molecule has 0 spiro atoms. The minimum Gasteiger partial charge on any atom is -0.489 e. The highest BCUT2D eigenvalue weighted by Crippen LogP contribution is 2.48. The van der Waals surface area contributed by atoms with Crippen molar-refractivity contribution in [2.24, 2.45) is 5.92 Å². The Hall–Kier alpha value is -2.86. The maximum Gasteiger partial charge on any atom is 0.309 e. The molecule has 2 unspecified atom stereocenters. The Balaban J connectivity index is 1.49. The first-order chi connectivity index (χ1) is 14.0. The molecule has 1 aliphatic carbocycles. The second-order valence-electron chi connectivity index (χ2n) is 7.33. The maximum absolute atomic E-state index is 11.6. The molecule has 0 N–H and O–H groups in total. The van der Waals surface area contributed by atoms with Crippen molar-refractivity contribution in [2.45, 2.75) is 32.3 Å². The summed E-state index contributed by atoms with van der Waals surface area (Å²) in [7, 11) is 1.42. The Labute approximate surface area is 173 Å². The lowest BCUT2D eigenvalue weighted by molar-refractivity contribution is -0.142. The van der Waals surface area contributed by atoms with E-state index in [0.29, 0.717) is 22.5 Å². The van der Waals surface area contributed by atoms with Crippen molar-refractivity contribution in [3.8, 4) is 28.6 Å². The van der Waals surface area contributed by atoms with E-state index in [1.807, 2.05) is 44.2 Å². The third-order valence-electron chi connectivity index (χ3n) is 4.86. The van der Waals surface area contributed by atoms with Crippen molar-refractivity contribution in [3.63, 3.8) is 0 Å². The zero-order valence-corrected chi connectivity index (χ0v) is 17.1. The standard InChI is InChI=1S/C22H21ClN2O4/c1-12(2)28-19-9-8-15(10-18(19)23)20-24-21(29-25-20)14-6-4-13(5-7-14)16-11-17(16)22(26)27-3/h4-10,12,16-17H,11H2,1-3H3. The average Bonchev–Trinajstić information content (AvgIpc) is 3.37. The van der Waals surface area contributed by atoms with Gasteiger partial charge in [-0.1, -0.05) is 28.9 Å². The minimum absolute atomic E-state index is 0.0340. The van der Waals surface area contributed by atoms with Gasteiger partial charge >= 0.3 is 5.97 Å². The molecule has 0 radical (unpaired) electrons. The van der Waals surface area contributed by atoms with Gasteiger partial charge in [-0.15, -0.1) is 0 Å². The van der Waals surface area contributed by atoms with Crippen molar-refractivity contribution < 1.29 is 18.8 Å². The number of hydrogen-bond acceptors (Lipinski definition) is 6. The predicted molar refractivity (Wildman–Crippen MR) is 109 cm³/mol. The number of halogens is 1. The number of carbonyl (C=O) groups excluding carboxylic acids is 1. The Morgan fingerprint density at radius 1 is 1.17 bits per heavy atom. The first-order valence-electron chi connectivity index (χ1n) is 9.44. The molecule has 29 heavy (non-hydrogen) atoms. The summed E-state index contributed by atoms with van der Waals surface area (Å²) in [6.07, 6.45) is 0.866. The van der Waals surface area contributed by atoms with E-state index in [1.54, 1.807) is 12.1 Å². The Morgan fingerprint density at radius 3 is 2.55 bits per heavy atom. The van der Waals surface area contributed by atoms with Crippen LogP contribution in [0.5, 0.6) is 5.75 Å². The van der Waals surface area contributed by atoms with Gasteiger partial charge in [-0.3, -0.25) is 4.79 Å². The summed E-state index contributed by atoms with van der Waals surface area (Å²) >= 11 is 6.30. The second kappa shape index (κ2) is 7.87. The Morgan fingerprint density at radius 2 is 1.90 bits per heavy atom. The van der Waals surface area contributed by atoms with E-state index in [-0.39, 0.29) is 23.9 Å². The smallest absolute Gasteiger partial charge is 0.309 e. The van der Waals surface area contributed by atoms with E-state index in [9.17, 15) is 4.79 Å². The van der Waals surface area contributed by atoms with Crippen LogP contribution in [0.25, 0.3) is 22.8 Å². The number of aromatic nitrogens is 2. The molecular weight excluding hydrogens is 392 g/mol. The van der Waals surface area contributed by atoms with Crippen LogP contribution in [0, 0.1) is 5.92 Å². The van der Waals surface area contributed by atoms with Crippen LogP contribution in [0.3, 0.4) is 0 Å². The number of nitrogens with zero attached hydrogens (tertiary/aromatic N) is 2. The van der Waals surface area contributed by atoms with E-state index in [2.05, 4.69) is 10.1 Å². The fourth-order valence-corrected chi connectivity index (χ4v) is 3.52. The first kappa shape index (κ1) is 19.5. The minimum atomic E-state index is -0.149. The summed E-state index contributed by atoms with van der Waals surface area (Å²) in [4.78, 5) is 16.1. The first-order valence-corrected chi connectivity index (χ1v) is 9.82. The number of methoxy groups -OCH3 is 1. The normalized spacial score (nSPS) is 18.0. The molecule has 1 saturated carbocycles. The van der Waals surface area contributed by atoms with E-state index < -0.39 is 0 Å². The lowest BCUT2D eigenvalue weighted by Crippen LogP contribution is -2.05. The van der Waals surface area contributed by atoms with E-state index >= 15 is 0 Å². The summed E-state index contributed by atoms with van der Waals surface area (Å²) in [5, 5.41) is 4.56. The Bertz CT molecular complexity index is 1030. The summed E-state index contributed by atoms with van der Waals surface area (Å²) in [6, 6.07) is 13.2. The molecule has 1 fully saturated rings. The molecule has 0 amide bonds. The largest absolute Gasteiger partial charge is 0.489 e. The third-order valence-corrected chi connectivity index (χ3v) is 5.15. The molecule has 2 aromatic carbocycles. The number of ether oxygens (including phenoxy) is 2. The van der Waals surface area contributed by atoms with Gasteiger partial charge < -0.3 is 14.0 Å². The van der Waals surface area contributed by atoms with Gasteiger partial charge in [0.05, 0.1) is 24.2 Å². The topological polar surface area (TPSA) is 74.5 Å². The van der Waals surface area contributed by atoms with Crippen LogP contribution in [0.2, 0.25) is 5.02 Å². The Kier molecular flexibility index (Phi) is 5.28. The summed E-state index contributed by atoms with van der Waals surface area (Å²) in [5.74, 6) is 1.54. The molecule has 0 bridgehead atoms. The fourth-order valence-electron chi connectivity index (χ4n) is 3.30. The van der Waals surface area contributed by atoms with Gasteiger partial charge in [0.25, 0.3) is 5.89 Å². The van der Waals surface area contributed by atoms with Crippen LogP contribution in [0.4, 0.5) is 0 Å². The van der Waals surface area contributed by atoms with Gasteiger partial charge in [0, 0.05) is 11.1 Å². The molecule has 1 heterocycles. The monoisotopic (exact) mass is 412 g/mol. The third kappa shape index (κ3) is 4.12. The molecule has 2 atom stereocenters. The number of benzene rings is 2. The fraction of sp³-hybridized carbons (Fsp3) is 0.318. The van der Waals surface area contributed by atoms with Crippen molar-refractivity contribution in [1.29, 1.82) is 0 Å². The molecule has 150 valence electrons. The number of esters is 1. The molecule has 1 aliphatic rings. The highest BCUT2D eigenvalue weighted by molar-refractivity contribution is 6.32. The lowest BCUT2D eigenvalue weighted by Gasteiger charge is -2.11. The van der Waals surface area contributed by atoms with E-state index in [4.69, 9.17) is 25.6 Å². The molecular formula is C22H21ClN2O4. The van der Waals surface area contributed by atoms with Gasteiger partial charge in [0.2, 0.25) is 5.82 Å². The number of rotatable bonds is 6. The van der Waals surface area contributed by atoms with Gasteiger partial charge in [-0.05, 0) is 62.1 Å².